The first-order chi connectivity index (χ1) is 13.7. The summed E-state index contributed by atoms with van der Waals surface area (Å²) in [5.74, 6) is 0.204. The molecule has 3 rings (SSSR count). The molecule has 0 atom stereocenters. The van der Waals surface area contributed by atoms with Crippen molar-refractivity contribution < 1.29 is 18.7 Å². The summed E-state index contributed by atoms with van der Waals surface area (Å²) in [5, 5.41) is 6.05. The Balaban J connectivity index is 1.47. The van der Waals surface area contributed by atoms with Gasteiger partial charge in [-0.25, -0.2) is 4.39 Å². The number of aryl methyl sites for hydroxylation is 1. The van der Waals surface area contributed by atoms with Crippen LogP contribution in [0, 0.1) is 5.82 Å². The van der Waals surface area contributed by atoms with Gasteiger partial charge in [-0.05, 0) is 68.1 Å². The summed E-state index contributed by atoms with van der Waals surface area (Å²) in [6, 6.07) is 9.72. The van der Waals surface area contributed by atoms with E-state index in [4.69, 9.17) is 16.3 Å². The first-order valence-electron chi connectivity index (χ1n) is 9.57. The van der Waals surface area contributed by atoms with Gasteiger partial charge in [0.2, 0.25) is 11.8 Å². The second-order valence-corrected chi connectivity index (χ2v) is 8.02. The molecule has 0 bridgehead atoms. The molecule has 154 valence electrons. The van der Waals surface area contributed by atoms with Gasteiger partial charge in [0.15, 0.2) is 0 Å². The number of fused-ring (bicyclic) bond motifs is 1. The third-order valence-corrected chi connectivity index (χ3v) is 5.16. The molecular weight excluding hydrogens is 395 g/mol. The summed E-state index contributed by atoms with van der Waals surface area (Å²) in [6.07, 6.45) is 2.02. The van der Waals surface area contributed by atoms with Gasteiger partial charge in [-0.1, -0.05) is 17.7 Å². The molecule has 7 heteroatoms. The van der Waals surface area contributed by atoms with Crippen molar-refractivity contribution in [1.82, 2.24) is 5.32 Å². The lowest BCUT2D eigenvalue weighted by atomic mass is 9.94. The summed E-state index contributed by atoms with van der Waals surface area (Å²) in [4.78, 5) is 23.7. The average molecular weight is 419 g/mol. The number of hydrogen-bond donors (Lipinski definition) is 2. The summed E-state index contributed by atoms with van der Waals surface area (Å²) in [7, 11) is 0. The van der Waals surface area contributed by atoms with Crippen LogP contribution in [-0.4, -0.2) is 18.4 Å². The van der Waals surface area contributed by atoms with E-state index in [1.165, 1.54) is 12.1 Å². The molecule has 1 aliphatic rings. The molecule has 29 heavy (non-hydrogen) atoms. The Morgan fingerprint density at radius 3 is 2.79 bits per heavy atom. The van der Waals surface area contributed by atoms with Gasteiger partial charge in [-0.2, -0.15) is 0 Å². The van der Waals surface area contributed by atoms with Crippen LogP contribution in [-0.2, 0) is 21.5 Å². The number of carbonyl (C=O) groups is 2. The summed E-state index contributed by atoms with van der Waals surface area (Å²) >= 11 is 6.12. The standard InChI is InChI=1S/C22H24ClFN2O3/c1-22(2,17-8-6-15(24)13-18(17)23)26-21(28)4-3-11-29-16-7-9-19-14(12-16)5-10-20(27)25-19/h6-9,12-13H,3-5,10-11H2,1-2H3,(H,25,27)(H,26,28). The summed E-state index contributed by atoms with van der Waals surface area (Å²) in [6.45, 7) is 4.05. The Bertz CT molecular complexity index is 930. The zero-order valence-corrected chi connectivity index (χ0v) is 17.2. The number of carbonyl (C=O) groups excluding carboxylic acids is 2. The highest BCUT2D eigenvalue weighted by molar-refractivity contribution is 6.31. The molecule has 0 aromatic heterocycles. The van der Waals surface area contributed by atoms with E-state index >= 15 is 0 Å². The van der Waals surface area contributed by atoms with E-state index in [0.717, 1.165) is 17.0 Å². The maximum absolute atomic E-state index is 13.3. The van der Waals surface area contributed by atoms with Crippen molar-refractivity contribution in [2.24, 2.45) is 0 Å². The van der Waals surface area contributed by atoms with Crippen LogP contribution < -0.4 is 15.4 Å². The summed E-state index contributed by atoms with van der Waals surface area (Å²) < 4.78 is 19.0. The van der Waals surface area contributed by atoms with Crippen molar-refractivity contribution in [2.45, 2.75) is 45.1 Å². The zero-order chi connectivity index (χ0) is 21.0. The molecule has 1 aliphatic heterocycles. The minimum absolute atomic E-state index is 0.0297. The molecule has 0 fully saturated rings. The molecular formula is C22H24ClFN2O3. The molecule has 0 radical (unpaired) electrons. The van der Waals surface area contributed by atoms with Gasteiger partial charge in [-0.3, -0.25) is 9.59 Å². The molecule has 2 aromatic rings. The Morgan fingerprint density at radius 1 is 1.24 bits per heavy atom. The molecule has 5 nitrogen and oxygen atoms in total. The lowest BCUT2D eigenvalue weighted by molar-refractivity contribution is -0.123. The highest BCUT2D eigenvalue weighted by Gasteiger charge is 2.25. The van der Waals surface area contributed by atoms with Crippen molar-refractivity contribution in [1.29, 1.82) is 0 Å². The number of rotatable bonds is 7. The second-order valence-electron chi connectivity index (χ2n) is 7.62. The molecule has 0 saturated heterocycles. The van der Waals surface area contributed by atoms with Crippen molar-refractivity contribution >= 4 is 29.1 Å². The fourth-order valence-corrected chi connectivity index (χ4v) is 3.75. The van der Waals surface area contributed by atoms with Gasteiger partial charge in [-0.15, -0.1) is 0 Å². The van der Waals surface area contributed by atoms with Crippen LogP contribution in [0.3, 0.4) is 0 Å². The SMILES string of the molecule is CC(C)(NC(=O)CCCOc1ccc2c(c1)CCC(=O)N2)c1ccc(F)cc1Cl. The van der Waals surface area contributed by atoms with Gasteiger partial charge in [0.05, 0.1) is 12.1 Å². The number of benzene rings is 2. The van der Waals surface area contributed by atoms with Crippen LogP contribution in [0.5, 0.6) is 5.75 Å². The smallest absolute Gasteiger partial charge is 0.224 e. The topological polar surface area (TPSA) is 67.4 Å². The molecule has 2 aromatic carbocycles. The number of halogens is 2. The highest BCUT2D eigenvalue weighted by atomic mass is 35.5. The maximum atomic E-state index is 13.3. The Hall–Kier alpha value is -2.60. The highest BCUT2D eigenvalue weighted by Crippen LogP contribution is 2.29. The minimum Gasteiger partial charge on any atom is -0.494 e. The van der Waals surface area contributed by atoms with E-state index in [0.29, 0.717) is 37.9 Å². The molecule has 1 heterocycles. The first kappa shape index (κ1) is 21.1. The monoisotopic (exact) mass is 418 g/mol. The van der Waals surface area contributed by atoms with E-state index in [1.807, 2.05) is 32.0 Å². The maximum Gasteiger partial charge on any atom is 0.224 e. The Labute approximate surface area is 174 Å². The van der Waals surface area contributed by atoms with Crippen LogP contribution in [0.25, 0.3) is 0 Å². The predicted octanol–water partition coefficient (Wildman–Crippen LogP) is 4.57. The van der Waals surface area contributed by atoms with Gasteiger partial charge in [0.1, 0.15) is 11.6 Å². The normalized spacial score (nSPS) is 13.4. The van der Waals surface area contributed by atoms with Crippen LogP contribution in [0.2, 0.25) is 5.02 Å². The first-order valence-corrected chi connectivity index (χ1v) is 9.94. The number of hydrogen-bond acceptors (Lipinski definition) is 3. The fourth-order valence-electron chi connectivity index (χ4n) is 3.35. The Kier molecular flexibility index (Phi) is 6.42. The van der Waals surface area contributed by atoms with Crippen molar-refractivity contribution in [3.05, 3.63) is 58.4 Å². The molecule has 2 N–H and O–H groups in total. The zero-order valence-electron chi connectivity index (χ0n) is 16.5. The quantitative estimate of drug-likeness (QED) is 0.647. The molecule has 0 spiro atoms. The Morgan fingerprint density at radius 2 is 2.03 bits per heavy atom. The molecule has 0 saturated carbocycles. The lowest BCUT2D eigenvalue weighted by Gasteiger charge is -2.28. The summed E-state index contributed by atoms with van der Waals surface area (Å²) in [5.41, 5.74) is 1.82. The van der Waals surface area contributed by atoms with Crippen LogP contribution in [0.15, 0.2) is 36.4 Å². The van der Waals surface area contributed by atoms with Crippen molar-refractivity contribution in [3.8, 4) is 5.75 Å². The predicted molar refractivity (Wildman–Crippen MR) is 111 cm³/mol. The average Bonchev–Trinajstić information content (AvgIpc) is 2.64. The minimum atomic E-state index is -0.717. The van der Waals surface area contributed by atoms with E-state index in [1.54, 1.807) is 6.07 Å². The molecule has 0 aliphatic carbocycles. The van der Waals surface area contributed by atoms with Gasteiger partial charge in [0.25, 0.3) is 0 Å². The van der Waals surface area contributed by atoms with E-state index in [9.17, 15) is 14.0 Å². The number of nitrogens with one attached hydrogen (secondary N) is 2. The van der Waals surface area contributed by atoms with Crippen molar-refractivity contribution in [2.75, 3.05) is 11.9 Å². The molecule has 0 unspecified atom stereocenters. The second kappa shape index (κ2) is 8.82. The third kappa shape index (κ3) is 5.48. The van der Waals surface area contributed by atoms with Gasteiger partial charge < -0.3 is 15.4 Å². The van der Waals surface area contributed by atoms with Crippen molar-refractivity contribution in [3.63, 3.8) is 0 Å². The number of anilines is 1. The lowest BCUT2D eigenvalue weighted by Crippen LogP contribution is -2.41. The van der Waals surface area contributed by atoms with E-state index < -0.39 is 11.4 Å². The molecule has 2 amide bonds. The third-order valence-electron chi connectivity index (χ3n) is 4.85. The van der Waals surface area contributed by atoms with E-state index in [-0.39, 0.29) is 16.8 Å². The fraction of sp³-hybridized carbons (Fsp3) is 0.364. The number of ether oxygens (including phenoxy) is 1. The largest absolute Gasteiger partial charge is 0.494 e. The van der Waals surface area contributed by atoms with Crippen LogP contribution in [0.1, 0.15) is 44.2 Å². The van der Waals surface area contributed by atoms with E-state index in [2.05, 4.69) is 10.6 Å². The van der Waals surface area contributed by atoms with Crippen LogP contribution in [0.4, 0.5) is 10.1 Å². The van der Waals surface area contributed by atoms with Crippen LogP contribution >= 0.6 is 11.6 Å². The van der Waals surface area contributed by atoms with Gasteiger partial charge >= 0.3 is 0 Å². The number of amides is 2. The van der Waals surface area contributed by atoms with Gasteiger partial charge in [0, 0.05) is 23.6 Å².